The quantitative estimate of drug-likeness (QED) is 0.884. The van der Waals surface area contributed by atoms with Crippen molar-refractivity contribution in [3.63, 3.8) is 0 Å². The number of halogens is 1. The van der Waals surface area contributed by atoms with Crippen LogP contribution in [-0.2, 0) is 6.54 Å². The second-order valence-corrected chi connectivity index (χ2v) is 4.93. The average molecular weight is 272 g/mol. The summed E-state index contributed by atoms with van der Waals surface area (Å²) in [6.07, 6.45) is 0. The number of nitrogens with one attached hydrogen (secondary N) is 1. The molecule has 2 aromatic rings. The minimum atomic E-state index is -0.209. The molecule has 2 aromatic carbocycles. The van der Waals surface area contributed by atoms with Gasteiger partial charge in [-0.2, -0.15) is 0 Å². The van der Waals surface area contributed by atoms with Crippen molar-refractivity contribution in [1.82, 2.24) is 5.32 Å². The van der Waals surface area contributed by atoms with E-state index in [1.54, 1.807) is 12.1 Å². The number of hydrogen-bond acceptors (Lipinski definition) is 2. The zero-order valence-electron chi connectivity index (χ0n) is 12.3. The Labute approximate surface area is 120 Å². The average Bonchev–Trinajstić information content (AvgIpc) is 2.46. The van der Waals surface area contributed by atoms with Crippen molar-refractivity contribution in [1.29, 1.82) is 0 Å². The fraction of sp³-hybridized carbons (Fsp3) is 0.294. The molecule has 0 radical (unpaired) electrons. The first-order chi connectivity index (χ1) is 9.61. The summed E-state index contributed by atoms with van der Waals surface area (Å²) in [5.41, 5.74) is 4.65. The van der Waals surface area contributed by atoms with E-state index in [0.29, 0.717) is 0 Å². The lowest BCUT2D eigenvalue weighted by Gasteiger charge is -2.21. The van der Waals surface area contributed by atoms with E-state index in [2.05, 4.69) is 42.3 Å². The van der Waals surface area contributed by atoms with Crippen LogP contribution in [0.5, 0.6) is 0 Å². The molecule has 0 unspecified atom stereocenters. The second-order valence-electron chi connectivity index (χ2n) is 4.93. The third-order valence-electron chi connectivity index (χ3n) is 3.49. The van der Waals surface area contributed by atoms with Crippen LogP contribution in [0.4, 0.5) is 15.8 Å². The number of anilines is 2. The first kappa shape index (κ1) is 14.5. The van der Waals surface area contributed by atoms with Crippen LogP contribution < -0.4 is 10.2 Å². The van der Waals surface area contributed by atoms with Crippen LogP contribution in [-0.4, -0.2) is 13.6 Å². The SMILES string of the molecule is CCNCc1ccc(N(C)c2ccc(F)cc2)cc1C. The molecule has 0 saturated carbocycles. The third-order valence-corrected chi connectivity index (χ3v) is 3.49. The second kappa shape index (κ2) is 6.53. The molecule has 0 aliphatic heterocycles. The Morgan fingerprint density at radius 3 is 2.30 bits per heavy atom. The van der Waals surface area contributed by atoms with Gasteiger partial charge in [0.1, 0.15) is 5.82 Å². The molecule has 1 N–H and O–H groups in total. The molecule has 0 spiro atoms. The van der Waals surface area contributed by atoms with Gasteiger partial charge in [0.25, 0.3) is 0 Å². The van der Waals surface area contributed by atoms with Crippen molar-refractivity contribution >= 4 is 11.4 Å². The van der Waals surface area contributed by atoms with Gasteiger partial charge in [0.2, 0.25) is 0 Å². The number of benzene rings is 2. The van der Waals surface area contributed by atoms with Gasteiger partial charge in [-0.3, -0.25) is 0 Å². The Hall–Kier alpha value is -1.87. The van der Waals surface area contributed by atoms with Gasteiger partial charge in [0, 0.05) is 25.0 Å². The molecule has 0 aliphatic carbocycles. The molecule has 0 atom stereocenters. The fourth-order valence-corrected chi connectivity index (χ4v) is 2.16. The highest BCUT2D eigenvalue weighted by Crippen LogP contribution is 2.25. The summed E-state index contributed by atoms with van der Waals surface area (Å²) < 4.78 is 13.0. The van der Waals surface area contributed by atoms with Gasteiger partial charge >= 0.3 is 0 Å². The highest BCUT2D eigenvalue weighted by molar-refractivity contribution is 5.63. The third kappa shape index (κ3) is 3.36. The molecule has 0 heterocycles. The summed E-state index contributed by atoms with van der Waals surface area (Å²) in [7, 11) is 1.99. The van der Waals surface area contributed by atoms with E-state index in [0.717, 1.165) is 24.5 Å². The first-order valence-corrected chi connectivity index (χ1v) is 6.91. The number of aryl methyl sites for hydroxylation is 1. The summed E-state index contributed by atoms with van der Waals surface area (Å²) in [5.74, 6) is -0.209. The maximum absolute atomic E-state index is 13.0. The zero-order valence-corrected chi connectivity index (χ0v) is 12.3. The lowest BCUT2D eigenvalue weighted by atomic mass is 10.1. The van der Waals surface area contributed by atoms with Gasteiger partial charge in [0.05, 0.1) is 0 Å². The molecule has 0 aliphatic rings. The van der Waals surface area contributed by atoms with Gasteiger partial charge in [0.15, 0.2) is 0 Å². The first-order valence-electron chi connectivity index (χ1n) is 6.91. The lowest BCUT2D eigenvalue weighted by molar-refractivity contribution is 0.628. The Bertz CT molecular complexity index is 564. The fourth-order valence-electron chi connectivity index (χ4n) is 2.16. The molecule has 0 fully saturated rings. The van der Waals surface area contributed by atoms with Crippen molar-refractivity contribution in [2.24, 2.45) is 0 Å². The summed E-state index contributed by atoms with van der Waals surface area (Å²) in [6.45, 7) is 6.08. The Balaban J connectivity index is 2.20. The summed E-state index contributed by atoms with van der Waals surface area (Å²) in [6, 6.07) is 13.0. The molecule has 0 saturated heterocycles. The molecular formula is C17H21FN2. The van der Waals surface area contributed by atoms with Crippen LogP contribution in [0.3, 0.4) is 0 Å². The van der Waals surface area contributed by atoms with Gasteiger partial charge < -0.3 is 10.2 Å². The smallest absolute Gasteiger partial charge is 0.123 e. The summed E-state index contributed by atoms with van der Waals surface area (Å²) in [5, 5.41) is 3.34. The zero-order chi connectivity index (χ0) is 14.5. The van der Waals surface area contributed by atoms with E-state index in [1.165, 1.54) is 23.3 Å². The van der Waals surface area contributed by atoms with Crippen molar-refractivity contribution in [3.8, 4) is 0 Å². The van der Waals surface area contributed by atoms with Gasteiger partial charge in [-0.15, -0.1) is 0 Å². The van der Waals surface area contributed by atoms with E-state index in [1.807, 2.05) is 7.05 Å². The predicted molar refractivity (Wildman–Crippen MR) is 83.0 cm³/mol. The molecule has 0 amide bonds. The highest BCUT2D eigenvalue weighted by Gasteiger charge is 2.06. The largest absolute Gasteiger partial charge is 0.345 e. The molecule has 2 nitrogen and oxygen atoms in total. The van der Waals surface area contributed by atoms with Gasteiger partial charge in [-0.25, -0.2) is 4.39 Å². The van der Waals surface area contributed by atoms with Crippen molar-refractivity contribution in [2.75, 3.05) is 18.5 Å². The number of hydrogen-bond donors (Lipinski definition) is 1. The van der Waals surface area contributed by atoms with Gasteiger partial charge in [-0.05, 0) is 61.0 Å². The van der Waals surface area contributed by atoms with Gasteiger partial charge in [-0.1, -0.05) is 13.0 Å². The Morgan fingerprint density at radius 2 is 1.70 bits per heavy atom. The minimum Gasteiger partial charge on any atom is -0.345 e. The normalized spacial score (nSPS) is 10.6. The van der Waals surface area contributed by atoms with Crippen LogP contribution in [0, 0.1) is 12.7 Å². The van der Waals surface area contributed by atoms with Crippen molar-refractivity contribution in [2.45, 2.75) is 20.4 Å². The van der Waals surface area contributed by atoms with E-state index >= 15 is 0 Å². The lowest BCUT2D eigenvalue weighted by Crippen LogP contribution is -2.14. The van der Waals surface area contributed by atoms with Crippen molar-refractivity contribution in [3.05, 3.63) is 59.4 Å². The summed E-state index contributed by atoms with van der Waals surface area (Å²) in [4.78, 5) is 2.06. The molecule has 2 rings (SSSR count). The Kier molecular flexibility index (Phi) is 4.74. The van der Waals surface area contributed by atoms with Crippen LogP contribution in [0.15, 0.2) is 42.5 Å². The topological polar surface area (TPSA) is 15.3 Å². The van der Waals surface area contributed by atoms with E-state index in [9.17, 15) is 4.39 Å². The van der Waals surface area contributed by atoms with E-state index < -0.39 is 0 Å². The molecule has 3 heteroatoms. The van der Waals surface area contributed by atoms with Crippen LogP contribution in [0.2, 0.25) is 0 Å². The number of rotatable bonds is 5. The Morgan fingerprint density at radius 1 is 1.05 bits per heavy atom. The predicted octanol–water partition coefficient (Wildman–Crippen LogP) is 4.01. The minimum absolute atomic E-state index is 0.209. The maximum atomic E-state index is 13.0. The molecule has 0 bridgehead atoms. The van der Waals surface area contributed by atoms with Crippen LogP contribution >= 0.6 is 0 Å². The standard InChI is InChI=1S/C17H21FN2/c1-4-19-12-14-5-8-17(11-13(14)2)20(3)16-9-6-15(18)7-10-16/h5-11,19H,4,12H2,1-3H3. The number of nitrogens with zero attached hydrogens (tertiary/aromatic N) is 1. The van der Waals surface area contributed by atoms with Crippen molar-refractivity contribution < 1.29 is 4.39 Å². The molecule has 0 aromatic heterocycles. The van der Waals surface area contributed by atoms with Crippen LogP contribution in [0.25, 0.3) is 0 Å². The highest BCUT2D eigenvalue weighted by atomic mass is 19.1. The van der Waals surface area contributed by atoms with Crippen LogP contribution in [0.1, 0.15) is 18.1 Å². The molecule has 106 valence electrons. The van der Waals surface area contributed by atoms with E-state index in [-0.39, 0.29) is 5.82 Å². The van der Waals surface area contributed by atoms with E-state index in [4.69, 9.17) is 0 Å². The molecule has 20 heavy (non-hydrogen) atoms. The molecular weight excluding hydrogens is 251 g/mol. The maximum Gasteiger partial charge on any atom is 0.123 e. The monoisotopic (exact) mass is 272 g/mol. The summed E-state index contributed by atoms with van der Waals surface area (Å²) >= 11 is 0.